The molecule has 8 heteroatoms. The molecule has 0 amide bonds. The second-order valence-corrected chi connectivity index (χ2v) is 4.57. The summed E-state index contributed by atoms with van der Waals surface area (Å²) in [7, 11) is 0. The van der Waals surface area contributed by atoms with Crippen molar-refractivity contribution >= 4 is 5.78 Å². The monoisotopic (exact) mass is 278 g/mol. The summed E-state index contributed by atoms with van der Waals surface area (Å²) in [5, 5.41) is 3.60. The first-order chi connectivity index (χ1) is 8.88. The third kappa shape index (κ3) is 3.31. The predicted molar refractivity (Wildman–Crippen MR) is 56.4 cm³/mol. The molecular formula is C11H13F3N2O3. The van der Waals surface area contributed by atoms with Gasteiger partial charge in [-0.3, -0.25) is 4.79 Å². The van der Waals surface area contributed by atoms with Crippen LogP contribution in [-0.2, 0) is 16.0 Å². The molecule has 1 aliphatic heterocycles. The molecule has 2 atom stereocenters. The minimum atomic E-state index is -4.90. The van der Waals surface area contributed by atoms with Gasteiger partial charge in [-0.15, -0.1) is 0 Å². The SMILES string of the molecule is CC(C(=O)C(F)(F)F)c1nc(CC2CCOC2)no1. The van der Waals surface area contributed by atoms with E-state index in [9.17, 15) is 18.0 Å². The van der Waals surface area contributed by atoms with Crippen molar-refractivity contribution in [2.75, 3.05) is 13.2 Å². The molecule has 1 fully saturated rings. The van der Waals surface area contributed by atoms with Gasteiger partial charge in [0.2, 0.25) is 11.7 Å². The fraction of sp³-hybridized carbons (Fsp3) is 0.727. The maximum Gasteiger partial charge on any atom is 0.450 e. The number of ether oxygens (including phenoxy) is 1. The molecule has 0 N–H and O–H groups in total. The van der Waals surface area contributed by atoms with E-state index in [1.807, 2.05) is 0 Å². The van der Waals surface area contributed by atoms with Crippen LogP contribution in [0.1, 0.15) is 31.0 Å². The van der Waals surface area contributed by atoms with Gasteiger partial charge in [0.15, 0.2) is 5.82 Å². The van der Waals surface area contributed by atoms with E-state index in [0.717, 1.165) is 13.3 Å². The third-order valence-corrected chi connectivity index (χ3v) is 3.02. The molecule has 5 nitrogen and oxygen atoms in total. The molecular weight excluding hydrogens is 265 g/mol. The van der Waals surface area contributed by atoms with Gasteiger partial charge in [0.05, 0.1) is 0 Å². The summed E-state index contributed by atoms with van der Waals surface area (Å²) in [6.07, 6.45) is -3.55. The smallest absolute Gasteiger partial charge is 0.381 e. The van der Waals surface area contributed by atoms with Gasteiger partial charge >= 0.3 is 6.18 Å². The zero-order chi connectivity index (χ0) is 14.0. The van der Waals surface area contributed by atoms with Gasteiger partial charge in [0, 0.05) is 19.6 Å². The fourth-order valence-electron chi connectivity index (χ4n) is 1.89. The molecule has 0 aromatic carbocycles. The summed E-state index contributed by atoms with van der Waals surface area (Å²) >= 11 is 0. The van der Waals surface area contributed by atoms with Gasteiger partial charge in [0.25, 0.3) is 0 Å². The Balaban J connectivity index is 2.01. The first kappa shape index (κ1) is 14.0. The maximum absolute atomic E-state index is 12.3. The second-order valence-electron chi connectivity index (χ2n) is 4.57. The molecule has 0 aliphatic carbocycles. The van der Waals surface area contributed by atoms with E-state index in [2.05, 4.69) is 10.1 Å². The molecule has 0 saturated carbocycles. The molecule has 0 bridgehead atoms. The van der Waals surface area contributed by atoms with Crippen LogP contribution in [-0.4, -0.2) is 35.3 Å². The van der Waals surface area contributed by atoms with E-state index in [0.29, 0.717) is 25.5 Å². The summed E-state index contributed by atoms with van der Waals surface area (Å²) < 4.78 is 46.7. The molecule has 2 heterocycles. The highest BCUT2D eigenvalue weighted by molar-refractivity contribution is 5.89. The summed E-state index contributed by atoms with van der Waals surface area (Å²) in [4.78, 5) is 14.9. The topological polar surface area (TPSA) is 65.2 Å². The Kier molecular flexibility index (Phi) is 3.88. The number of ketones is 1. The predicted octanol–water partition coefficient (Wildman–Crippen LogP) is 1.88. The number of carbonyl (C=O) groups is 1. The minimum Gasteiger partial charge on any atom is -0.381 e. The van der Waals surface area contributed by atoms with Gasteiger partial charge in [-0.2, -0.15) is 18.2 Å². The van der Waals surface area contributed by atoms with Crippen LogP contribution in [0.5, 0.6) is 0 Å². The Labute approximate surface area is 107 Å². The molecule has 106 valence electrons. The Morgan fingerprint density at radius 2 is 2.26 bits per heavy atom. The van der Waals surface area contributed by atoms with Crippen LogP contribution in [0.3, 0.4) is 0 Å². The number of nitrogens with zero attached hydrogens (tertiary/aromatic N) is 2. The van der Waals surface area contributed by atoms with Crippen molar-refractivity contribution in [3.05, 3.63) is 11.7 Å². The number of aromatic nitrogens is 2. The average molecular weight is 278 g/mol. The standard InChI is InChI=1S/C11H13F3N2O3/c1-6(9(17)11(12,13)14)10-15-8(16-19-10)4-7-2-3-18-5-7/h6-7H,2-5H2,1H3. The van der Waals surface area contributed by atoms with Gasteiger partial charge in [-0.05, 0) is 19.3 Å². The van der Waals surface area contributed by atoms with Crippen molar-refractivity contribution in [2.24, 2.45) is 5.92 Å². The van der Waals surface area contributed by atoms with Gasteiger partial charge < -0.3 is 9.26 Å². The zero-order valence-electron chi connectivity index (χ0n) is 10.2. The van der Waals surface area contributed by atoms with E-state index in [1.165, 1.54) is 0 Å². The zero-order valence-corrected chi connectivity index (χ0v) is 10.2. The lowest BCUT2D eigenvalue weighted by Crippen LogP contribution is -2.27. The van der Waals surface area contributed by atoms with Crippen molar-refractivity contribution in [1.29, 1.82) is 0 Å². The van der Waals surface area contributed by atoms with Crippen molar-refractivity contribution < 1.29 is 27.2 Å². The second kappa shape index (κ2) is 5.28. The Morgan fingerprint density at radius 3 is 2.84 bits per heavy atom. The fourth-order valence-corrected chi connectivity index (χ4v) is 1.89. The van der Waals surface area contributed by atoms with Crippen molar-refractivity contribution in [2.45, 2.75) is 31.9 Å². The molecule has 2 unspecified atom stereocenters. The Hall–Kier alpha value is -1.44. The number of hydrogen-bond donors (Lipinski definition) is 0. The number of halogens is 3. The maximum atomic E-state index is 12.3. The first-order valence-electron chi connectivity index (χ1n) is 5.89. The molecule has 0 spiro atoms. The largest absolute Gasteiger partial charge is 0.450 e. The minimum absolute atomic E-state index is 0.249. The highest BCUT2D eigenvalue weighted by atomic mass is 19.4. The van der Waals surface area contributed by atoms with Gasteiger partial charge in [0.1, 0.15) is 5.92 Å². The van der Waals surface area contributed by atoms with E-state index >= 15 is 0 Å². The van der Waals surface area contributed by atoms with Crippen molar-refractivity contribution in [1.82, 2.24) is 10.1 Å². The highest BCUT2D eigenvalue weighted by Crippen LogP contribution is 2.26. The van der Waals surface area contributed by atoms with Gasteiger partial charge in [-0.25, -0.2) is 0 Å². The van der Waals surface area contributed by atoms with Crippen molar-refractivity contribution in [3.63, 3.8) is 0 Å². The van der Waals surface area contributed by atoms with E-state index in [1.54, 1.807) is 0 Å². The molecule has 1 saturated heterocycles. The summed E-state index contributed by atoms with van der Waals surface area (Å²) in [5.74, 6) is -3.09. The van der Waals surface area contributed by atoms with Crippen LogP contribution in [0.25, 0.3) is 0 Å². The van der Waals surface area contributed by atoms with E-state index < -0.39 is 17.9 Å². The summed E-state index contributed by atoms with van der Waals surface area (Å²) in [6.45, 7) is 2.35. The quantitative estimate of drug-likeness (QED) is 0.841. The molecule has 0 radical (unpaired) electrons. The molecule has 1 aromatic heterocycles. The normalized spacial score (nSPS) is 21.6. The highest BCUT2D eigenvalue weighted by Gasteiger charge is 2.44. The average Bonchev–Trinajstić information content (AvgIpc) is 2.98. The van der Waals surface area contributed by atoms with Crippen LogP contribution in [0.15, 0.2) is 4.52 Å². The number of hydrogen-bond acceptors (Lipinski definition) is 5. The molecule has 1 aromatic rings. The number of alkyl halides is 3. The number of carbonyl (C=O) groups excluding carboxylic acids is 1. The Morgan fingerprint density at radius 1 is 1.53 bits per heavy atom. The first-order valence-corrected chi connectivity index (χ1v) is 5.89. The summed E-state index contributed by atoms with van der Waals surface area (Å²) in [6, 6.07) is 0. The van der Waals surface area contributed by atoms with Crippen LogP contribution < -0.4 is 0 Å². The molecule has 2 rings (SSSR count). The van der Waals surface area contributed by atoms with Gasteiger partial charge in [-0.1, -0.05) is 5.16 Å². The third-order valence-electron chi connectivity index (χ3n) is 3.02. The lowest BCUT2D eigenvalue weighted by molar-refractivity contribution is -0.172. The van der Waals surface area contributed by atoms with Crippen LogP contribution in [0, 0.1) is 5.92 Å². The molecule has 19 heavy (non-hydrogen) atoms. The summed E-state index contributed by atoms with van der Waals surface area (Å²) in [5.41, 5.74) is 0. The van der Waals surface area contributed by atoms with Crippen molar-refractivity contribution in [3.8, 4) is 0 Å². The van der Waals surface area contributed by atoms with Crippen LogP contribution in [0.2, 0.25) is 0 Å². The van der Waals surface area contributed by atoms with Crippen LogP contribution in [0.4, 0.5) is 13.2 Å². The molecule has 1 aliphatic rings. The number of rotatable bonds is 4. The Bertz CT molecular complexity index is 452. The lowest BCUT2D eigenvalue weighted by Gasteiger charge is -2.08. The van der Waals surface area contributed by atoms with Crippen LogP contribution >= 0.6 is 0 Å². The lowest BCUT2D eigenvalue weighted by atomic mass is 10.0. The van der Waals surface area contributed by atoms with E-state index in [-0.39, 0.29) is 11.8 Å². The number of Topliss-reactive ketones (excluding diaryl/α,β-unsaturated/α-hetero) is 1. The van der Waals surface area contributed by atoms with E-state index in [4.69, 9.17) is 9.26 Å².